The van der Waals surface area contributed by atoms with Gasteiger partial charge in [-0.2, -0.15) is 0 Å². The van der Waals surface area contributed by atoms with Crippen LogP contribution in [0, 0.1) is 0 Å². The SMILES string of the molecule is C[C@@H]([C@H](NC(=O)[C@H](CO)NC(=O)N[C@@H](Cc1c[nH]c2ccccc12)C(=O)O)C(=O)N/C=C1\O[C@@H](n2ccc(=O)[nH]c2=O)[C@H](O)[C@@H]1O)N(C)C(=O)[C@@H](N)Cc1cccc(O)c1. The highest BCUT2D eigenvalue weighted by Gasteiger charge is 2.42. The number of amides is 5. The van der Waals surface area contributed by atoms with Gasteiger partial charge in [-0.25, -0.2) is 14.4 Å². The number of carbonyl (C=O) groups is 5. The number of phenols is 1. The minimum Gasteiger partial charge on any atom is -0.508 e. The number of carboxylic acids is 1. The van der Waals surface area contributed by atoms with Gasteiger partial charge in [-0.3, -0.25) is 28.7 Å². The van der Waals surface area contributed by atoms with E-state index in [1.54, 1.807) is 42.6 Å². The zero-order valence-corrected chi connectivity index (χ0v) is 32.1. The summed E-state index contributed by atoms with van der Waals surface area (Å²) in [7, 11) is 1.29. The summed E-state index contributed by atoms with van der Waals surface area (Å²) in [5, 5.41) is 61.0. The number of aliphatic carboxylic acids is 1. The molecule has 1 saturated heterocycles. The standard InChI is InChI=1S/C38H45N9O13/c1-18(46(2)34(55)23(39)13-19-6-5-7-21(49)12-19)29(33(54)41-16-27-30(51)31(52)35(60-27)47-11-10-28(50)44-38(47)59)45-32(53)26(17-48)43-37(58)42-25(36(56)57)14-20-15-40-24-9-4-3-8-22(20)24/h3-12,15-16,18,23,25-26,29-31,35,40,48-49,51-52H,13-14,17,39H2,1-2H3,(H,41,54)(H,45,53)(H,56,57)(H2,42,43,58)(H,44,50,59)/b27-16-/t18-,23-,25-,26-,29-,30+,31+,35+/m0/s1. The van der Waals surface area contributed by atoms with Crippen LogP contribution in [0.5, 0.6) is 5.75 Å². The predicted octanol–water partition coefficient (Wildman–Crippen LogP) is -2.81. The fraction of sp³-hybridized carbons (Fsp3) is 0.342. The van der Waals surface area contributed by atoms with E-state index < -0.39 is 102 Å². The average Bonchev–Trinajstić information content (AvgIpc) is 3.75. The summed E-state index contributed by atoms with van der Waals surface area (Å²) in [6.45, 7) is 0.343. The smallest absolute Gasteiger partial charge is 0.331 e. The zero-order chi connectivity index (χ0) is 43.8. The molecular formula is C38H45N9O13. The number of fused-ring (bicyclic) bond motifs is 1. The van der Waals surface area contributed by atoms with Crippen molar-refractivity contribution in [3.63, 3.8) is 0 Å². The molecule has 2 aromatic carbocycles. The van der Waals surface area contributed by atoms with Crippen LogP contribution in [0.15, 0.2) is 88.5 Å². The van der Waals surface area contributed by atoms with Gasteiger partial charge in [-0.05, 0) is 42.7 Å². The van der Waals surface area contributed by atoms with Crippen LogP contribution in [0.3, 0.4) is 0 Å². The molecule has 5 amide bonds. The van der Waals surface area contributed by atoms with Gasteiger partial charge >= 0.3 is 17.7 Å². The third-order valence-electron chi connectivity index (χ3n) is 9.86. The molecule has 1 fully saturated rings. The topological polar surface area (TPSA) is 344 Å². The van der Waals surface area contributed by atoms with Gasteiger partial charge in [-0.15, -0.1) is 0 Å². The Morgan fingerprint density at radius 3 is 2.38 bits per heavy atom. The third kappa shape index (κ3) is 10.3. The lowest BCUT2D eigenvalue weighted by molar-refractivity contribution is -0.139. The number of nitrogens with two attached hydrogens (primary N) is 1. The summed E-state index contributed by atoms with van der Waals surface area (Å²) in [4.78, 5) is 96.1. The highest BCUT2D eigenvalue weighted by Crippen LogP contribution is 2.30. The summed E-state index contributed by atoms with van der Waals surface area (Å²) < 4.78 is 6.31. The van der Waals surface area contributed by atoms with Gasteiger partial charge in [0.05, 0.1) is 18.7 Å². The van der Waals surface area contributed by atoms with Gasteiger partial charge in [0, 0.05) is 49.0 Å². The van der Waals surface area contributed by atoms with Crippen LogP contribution in [-0.4, -0.2) is 131 Å². The van der Waals surface area contributed by atoms with Crippen molar-refractivity contribution in [1.29, 1.82) is 0 Å². The first kappa shape index (κ1) is 44.1. The Hall–Kier alpha value is -7.01. The van der Waals surface area contributed by atoms with Crippen molar-refractivity contribution < 1.29 is 54.2 Å². The first-order valence-electron chi connectivity index (χ1n) is 18.4. The quantitative estimate of drug-likeness (QED) is 0.0542. The summed E-state index contributed by atoms with van der Waals surface area (Å²) in [6.07, 6.45) is -1.82. The molecule has 0 radical (unpaired) electrons. The molecule has 320 valence electrons. The average molecular weight is 836 g/mol. The van der Waals surface area contributed by atoms with Crippen LogP contribution in [0.2, 0.25) is 0 Å². The highest BCUT2D eigenvalue weighted by atomic mass is 16.6. The van der Waals surface area contributed by atoms with Crippen molar-refractivity contribution in [2.24, 2.45) is 5.73 Å². The van der Waals surface area contributed by atoms with Crippen molar-refractivity contribution in [2.45, 2.75) is 68.4 Å². The van der Waals surface area contributed by atoms with E-state index in [-0.39, 0.29) is 18.6 Å². The molecule has 0 bridgehead atoms. The van der Waals surface area contributed by atoms with Crippen LogP contribution in [0.4, 0.5) is 4.79 Å². The number of benzene rings is 2. The molecule has 0 spiro atoms. The summed E-state index contributed by atoms with van der Waals surface area (Å²) in [5.41, 5.74) is 6.35. The summed E-state index contributed by atoms with van der Waals surface area (Å²) >= 11 is 0. The number of rotatable bonds is 16. The lowest BCUT2D eigenvalue weighted by Crippen LogP contribution is -2.62. The number of aromatic amines is 2. The van der Waals surface area contributed by atoms with Crippen molar-refractivity contribution in [1.82, 2.24) is 40.7 Å². The van der Waals surface area contributed by atoms with E-state index in [0.717, 1.165) is 38.8 Å². The third-order valence-corrected chi connectivity index (χ3v) is 9.86. The van der Waals surface area contributed by atoms with E-state index in [9.17, 15) is 59.1 Å². The normalized spacial score (nSPS) is 19.3. The van der Waals surface area contributed by atoms with E-state index in [2.05, 4.69) is 26.3 Å². The number of nitrogens with zero attached hydrogens (tertiary/aromatic N) is 2. The Morgan fingerprint density at radius 1 is 0.983 bits per heavy atom. The number of hydrogen-bond donors (Lipinski definition) is 12. The molecule has 0 aliphatic carbocycles. The number of phenolic OH excluding ortho intramolecular Hbond substituents is 1. The molecule has 22 nitrogen and oxygen atoms in total. The van der Waals surface area contributed by atoms with E-state index in [1.807, 2.05) is 4.98 Å². The first-order chi connectivity index (χ1) is 28.5. The van der Waals surface area contributed by atoms with E-state index in [4.69, 9.17) is 10.5 Å². The number of aliphatic hydroxyl groups excluding tert-OH is 3. The summed E-state index contributed by atoms with van der Waals surface area (Å²) in [6, 6.07) is 5.58. The molecule has 2 aromatic heterocycles. The Bertz CT molecular complexity index is 2380. The Kier molecular flexibility index (Phi) is 14.1. The molecule has 4 aromatic rings. The lowest BCUT2D eigenvalue weighted by atomic mass is 10.0. The molecule has 1 aliphatic heterocycles. The number of hydrogen-bond acceptors (Lipinski definition) is 13. The van der Waals surface area contributed by atoms with Crippen LogP contribution in [-0.2, 0) is 36.8 Å². The van der Waals surface area contributed by atoms with Crippen molar-refractivity contribution in [3.05, 3.63) is 111 Å². The number of aromatic nitrogens is 3. The Balaban J connectivity index is 1.33. The van der Waals surface area contributed by atoms with E-state index in [0.29, 0.717) is 11.1 Å². The second-order valence-corrected chi connectivity index (χ2v) is 14.0. The van der Waals surface area contributed by atoms with Crippen molar-refractivity contribution in [3.8, 4) is 5.75 Å². The molecule has 0 unspecified atom stereocenters. The van der Waals surface area contributed by atoms with Gasteiger partial charge < -0.3 is 67.2 Å². The lowest BCUT2D eigenvalue weighted by Gasteiger charge is -2.33. The van der Waals surface area contributed by atoms with Gasteiger partial charge in [0.2, 0.25) is 23.9 Å². The predicted molar refractivity (Wildman–Crippen MR) is 210 cm³/mol. The van der Waals surface area contributed by atoms with E-state index >= 15 is 0 Å². The van der Waals surface area contributed by atoms with Gasteiger partial charge in [-0.1, -0.05) is 30.3 Å². The minimum atomic E-state index is -1.80. The number of nitrogens with one attached hydrogen (secondary N) is 6. The van der Waals surface area contributed by atoms with Gasteiger partial charge in [0.1, 0.15) is 41.8 Å². The van der Waals surface area contributed by atoms with Gasteiger partial charge in [0.15, 0.2) is 0 Å². The summed E-state index contributed by atoms with van der Waals surface area (Å²) in [5.74, 6) is -4.79. The molecule has 13 N–H and O–H groups in total. The van der Waals surface area contributed by atoms with Crippen molar-refractivity contribution in [2.75, 3.05) is 13.7 Å². The second kappa shape index (κ2) is 19.2. The molecule has 1 aliphatic rings. The zero-order valence-electron chi connectivity index (χ0n) is 32.1. The molecule has 0 saturated carbocycles. The highest BCUT2D eigenvalue weighted by molar-refractivity contribution is 5.94. The number of aromatic hydroxyl groups is 1. The number of para-hydroxylation sites is 1. The number of carboxylic acid groups (broad SMARTS) is 1. The molecule has 22 heteroatoms. The number of likely N-dealkylation sites (N-methyl/N-ethyl adjacent to an activating group) is 1. The number of carbonyl (C=O) groups excluding carboxylic acids is 4. The van der Waals surface area contributed by atoms with Crippen LogP contribution in [0.1, 0.15) is 24.3 Å². The number of urea groups is 1. The maximum Gasteiger partial charge on any atom is 0.331 e. The maximum absolute atomic E-state index is 13.8. The van der Waals surface area contributed by atoms with E-state index in [1.165, 1.54) is 26.1 Å². The fourth-order valence-electron chi connectivity index (χ4n) is 6.45. The Labute approximate surface area is 339 Å². The second-order valence-electron chi connectivity index (χ2n) is 14.0. The van der Waals surface area contributed by atoms with Crippen LogP contribution < -0.4 is 38.2 Å². The van der Waals surface area contributed by atoms with Crippen LogP contribution in [0.25, 0.3) is 10.9 Å². The molecule has 5 rings (SSSR count). The number of H-pyrrole nitrogens is 2. The molecule has 60 heavy (non-hydrogen) atoms. The largest absolute Gasteiger partial charge is 0.508 e. The van der Waals surface area contributed by atoms with Crippen molar-refractivity contribution >= 4 is 40.6 Å². The molecular weight excluding hydrogens is 790 g/mol. The molecule has 8 atom stereocenters. The monoisotopic (exact) mass is 835 g/mol. The number of ether oxygens (including phenoxy) is 1. The number of aliphatic hydroxyl groups is 3. The van der Waals surface area contributed by atoms with Crippen LogP contribution >= 0.6 is 0 Å². The molecule has 3 heterocycles. The Morgan fingerprint density at radius 2 is 1.70 bits per heavy atom. The maximum atomic E-state index is 13.8. The minimum absolute atomic E-state index is 0.0278. The fourth-order valence-corrected chi connectivity index (χ4v) is 6.45. The first-order valence-corrected chi connectivity index (χ1v) is 18.4. The van der Waals surface area contributed by atoms with Gasteiger partial charge in [0.25, 0.3) is 5.56 Å².